The van der Waals surface area contributed by atoms with Gasteiger partial charge in [-0.15, -0.1) is 0 Å². The Hall–Kier alpha value is -2.10. The molecule has 0 aromatic heterocycles. The summed E-state index contributed by atoms with van der Waals surface area (Å²) >= 11 is 0. The molecule has 0 amide bonds. The number of cyclic esters (lactones) is 1. The van der Waals surface area contributed by atoms with Crippen LogP contribution in [-0.4, -0.2) is 19.0 Å². The van der Waals surface area contributed by atoms with E-state index in [0.29, 0.717) is 6.42 Å². The van der Waals surface area contributed by atoms with Crippen molar-refractivity contribution in [3.05, 3.63) is 47.7 Å². The first-order valence-corrected chi connectivity index (χ1v) is 6.24. The first-order valence-electron chi connectivity index (χ1n) is 6.24. The van der Waals surface area contributed by atoms with Gasteiger partial charge in [-0.05, 0) is 18.1 Å². The summed E-state index contributed by atoms with van der Waals surface area (Å²) in [4.78, 5) is 23.5. The van der Waals surface area contributed by atoms with E-state index in [-0.39, 0.29) is 23.6 Å². The third-order valence-electron chi connectivity index (χ3n) is 3.29. The number of allylic oxidation sites excluding steroid dienone is 1. The van der Waals surface area contributed by atoms with Gasteiger partial charge in [0, 0.05) is 5.92 Å². The standard InChI is InChI=1S/C15H16O4/c1-3-11-12(10-7-5-4-6-8-10)9-13(15(17)18-2)19-14(11)16/h4-9,11-12H,3H2,1-2H3/t11-,12-/m1/s1. The molecule has 0 radical (unpaired) electrons. The van der Waals surface area contributed by atoms with Crippen LogP contribution in [0.1, 0.15) is 24.8 Å². The Morgan fingerprint density at radius 2 is 2.00 bits per heavy atom. The summed E-state index contributed by atoms with van der Waals surface area (Å²) in [5, 5.41) is 0. The van der Waals surface area contributed by atoms with Crippen molar-refractivity contribution in [2.45, 2.75) is 19.3 Å². The number of methoxy groups -OCH3 is 1. The van der Waals surface area contributed by atoms with Crippen molar-refractivity contribution in [1.82, 2.24) is 0 Å². The first kappa shape index (κ1) is 13.3. The van der Waals surface area contributed by atoms with Crippen molar-refractivity contribution in [2.24, 2.45) is 5.92 Å². The minimum atomic E-state index is -0.621. The second kappa shape index (κ2) is 5.69. The van der Waals surface area contributed by atoms with Crippen molar-refractivity contribution < 1.29 is 19.1 Å². The maximum Gasteiger partial charge on any atom is 0.373 e. The van der Waals surface area contributed by atoms with Gasteiger partial charge in [0.05, 0.1) is 13.0 Å². The van der Waals surface area contributed by atoms with Crippen LogP contribution in [0.4, 0.5) is 0 Å². The van der Waals surface area contributed by atoms with E-state index in [1.807, 2.05) is 37.3 Å². The molecule has 100 valence electrons. The molecule has 4 nitrogen and oxygen atoms in total. The molecule has 0 bridgehead atoms. The molecule has 2 rings (SSSR count). The van der Waals surface area contributed by atoms with Crippen LogP contribution in [0.25, 0.3) is 0 Å². The summed E-state index contributed by atoms with van der Waals surface area (Å²) in [6, 6.07) is 9.62. The molecule has 0 saturated heterocycles. The Kier molecular flexibility index (Phi) is 4.00. The van der Waals surface area contributed by atoms with Crippen LogP contribution in [0.2, 0.25) is 0 Å². The summed E-state index contributed by atoms with van der Waals surface area (Å²) in [7, 11) is 1.26. The van der Waals surface area contributed by atoms with Crippen LogP contribution in [0, 0.1) is 5.92 Å². The fourth-order valence-electron chi connectivity index (χ4n) is 2.28. The van der Waals surface area contributed by atoms with Gasteiger partial charge in [-0.2, -0.15) is 0 Å². The molecule has 0 spiro atoms. The predicted molar refractivity (Wildman–Crippen MR) is 69.2 cm³/mol. The van der Waals surface area contributed by atoms with Crippen LogP contribution < -0.4 is 0 Å². The molecule has 0 fully saturated rings. The molecule has 4 heteroatoms. The zero-order chi connectivity index (χ0) is 13.8. The van der Waals surface area contributed by atoms with E-state index in [9.17, 15) is 9.59 Å². The van der Waals surface area contributed by atoms with Crippen molar-refractivity contribution >= 4 is 11.9 Å². The van der Waals surface area contributed by atoms with E-state index >= 15 is 0 Å². The lowest BCUT2D eigenvalue weighted by Gasteiger charge is -2.27. The van der Waals surface area contributed by atoms with E-state index in [1.165, 1.54) is 7.11 Å². The molecule has 0 unspecified atom stereocenters. The summed E-state index contributed by atoms with van der Waals surface area (Å²) in [5.74, 6) is -1.44. The first-order chi connectivity index (χ1) is 9.17. The van der Waals surface area contributed by atoms with E-state index in [0.717, 1.165) is 5.56 Å². The Balaban J connectivity index is 2.41. The van der Waals surface area contributed by atoms with E-state index in [1.54, 1.807) is 6.08 Å². The second-order valence-corrected chi connectivity index (χ2v) is 4.39. The zero-order valence-corrected chi connectivity index (χ0v) is 11.0. The highest BCUT2D eigenvalue weighted by molar-refractivity contribution is 5.91. The van der Waals surface area contributed by atoms with Crippen LogP contribution in [0.5, 0.6) is 0 Å². The molecular weight excluding hydrogens is 244 g/mol. The molecule has 1 aliphatic rings. The molecule has 19 heavy (non-hydrogen) atoms. The highest BCUT2D eigenvalue weighted by atomic mass is 16.6. The maximum atomic E-state index is 12.0. The van der Waals surface area contributed by atoms with Gasteiger partial charge in [0.1, 0.15) is 0 Å². The second-order valence-electron chi connectivity index (χ2n) is 4.39. The van der Waals surface area contributed by atoms with E-state index in [2.05, 4.69) is 4.74 Å². The van der Waals surface area contributed by atoms with E-state index in [4.69, 9.17) is 4.74 Å². The predicted octanol–water partition coefficient (Wildman–Crippen LogP) is 2.41. The Bertz CT molecular complexity index is 504. The Morgan fingerprint density at radius 3 is 2.58 bits per heavy atom. The average Bonchev–Trinajstić information content (AvgIpc) is 2.46. The molecule has 1 heterocycles. The lowest BCUT2D eigenvalue weighted by atomic mass is 9.82. The third-order valence-corrected chi connectivity index (χ3v) is 3.29. The smallest absolute Gasteiger partial charge is 0.373 e. The monoisotopic (exact) mass is 260 g/mol. The van der Waals surface area contributed by atoms with Gasteiger partial charge >= 0.3 is 11.9 Å². The topological polar surface area (TPSA) is 52.6 Å². The van der Waals surface area contributed by atoms with Gasteiger partial charge in [-0.3, -0.25) is 4.79 Å². The van der Waals surface area contributed by atoms with Crippen LogP contribution in [-0.2, 0) is 19.1 Å². The number of hydrogen-bond acceptors (Lipinski definition) is 4. The molecule has 0 aliphatic carbocycles. The van der Waals surface area contributed by atoms with Crippen molar-refractivity contribution in [3.8, 4) is 0 Å². The number of hydrogen-bond donors (Lipinski definition) is 0. The fourth-order valence-corrected chi connectivity index (χ4v) is 2.28. The number of rotatable bonds is 3. The summed E-state index contributed by atoms with van der Waals surface area (Å²) in [6.07, 6.45) is 2.33. The van der Waals surface area contributed by atoms with Crippen LogP contribution >= 0.6 is 0 Å². The van der Waals surface area contributed by atoms with Gasteiger partial charge in [0.2, 0.25) is 5.76 Å². The van der Waals surface area contributed by atoms with Crippen LogP contribution in [0.3, 0.4) is 0 Å². The van der Waals surface area contributed by atoms with Gasteiger partial charge in [0.25, 0.3) is 0 Å². The molecule has 1 aromatic rings. The number of benzene rings is 1. The lowest BCUT2D eigenvalue weighted by molar-refractivity contribution is -0.154. The number of esters is 2. The molecule has 0 N–H and O–H groups in total. The Morgan fingerprint density at radius 1 is 1.32 bits per heavy atom. The minimum Gasteiger partial charge on any atom is -0.463 e. The zero-order valence-electron chi connectivity index (χ0n) is 11.0. The Labute approximate surface area is 112 Å². The van der Waals surface area contributed by atoms with Crippen molar-refractivity contribution in [2.75, 3.05) is 7.11 Å². The van der Waals surface area contributed by atoms with E-state index < -0.39 is 5.97 Å². The molecule has 2 atom stereocenters. The fraction of sp³-hybridized carbons (Fsp3) is 0.333. The third kappa shape index (κ3) is 2.67. The molecule has 1 aliphatic heterocycles. The van der Waals surface area contributed by atoms with Gasteiger partial charge < -0.3 is 9.47 Å². The molecule has 0 saturated carbocycles. The lowest BCUT2D eigenvalue weighted by Crippen LogP contribution is -2.30. The largest absolute Gasteiger partial charge is 0.463 e. The molecule has 1 aromatic carbocycles. The summed E-state index contributed by atoms with van der Waals surface area (Å²) < 4.78 is 9.65. The summed E-state index contributed by atoms with van der Waals surface area (Å²) in [5.41, 5.74) is 0.993. The normalized spacial score (nSPS) is 22.4. The quantitative estimate of drug-likeness (QED) is 0.783. The number of ether oxygens (including phenoxy) is 2. The highest BCUT2D eigenvalue weighted by Crippen LogP contribution is 2.35. The number of carbonyl (C=O) groups excluding carboxylic acids is 2. The average molecular weight is 260 g/mol. The minimum absolute atomic E-state index is 0.0222. The van der Waals surface area contributed by atoms with Crippen LogP contribution in [0.15, 0.2) is 42.2 Å². The van der Waals surface area contributed by atoms with Crippen molar-refractivity contribution in [3.63, 3.8) is 0 Å². The van der Waals surface area contributed by atoms with Crippen molar-refractivity contribution in [1.29, 1.82) is 0 Å². The number of carbonyl (C=O) groups is 2. The molecular formula is C15H16O4. The summed E-state index contributed by atoms with van der Waals surface area (Å²) in [6.45, 7) is 1.93. The SMILES string of the molecule is CC[C@H]1C(=O)OC(C(=O)OC)=C[C@@H]1c1ccccc1. The maximum absolute atomic E-state index is 12.0. The highest BCUT2D eigenvalue weighted by Gasteiger charge is 2.35. The van der Waals surface area contributed by atoms with Gasteiger partial charge in [-0.1, -0.05) is 37.3 Å². The van der Waals surface area contributed by atoms with Gasteiger partial charge in [-0.25, -0.2) is 4.79 Å². The van der Waals surface area contributed by atoms with Gasteiger partial charge in [0.15, 0.2) is 0 Å².